The molecule has 1 aromatic heterocycles. The number of hydrogen-bond donors (Lipinski definition) is 1. The normalized spacial score (nSPS) is 19.3. The van der Waals surface area contributed by atoms with E-state index in [1.54, 1.807) is 0 Å². The molecule has 7 heteroatoms. The van der Waals surface area contributed by atoms with Gasteiger partial charge in [0.15, 0.2) is 0 Å². The number of imidazole rings is 1. The van der Waals surface area contributed by atoms with E-state index >= 15 is 0 Å². The standard InChI is InChI=1S/C26H36N6O/c1-26(2,3)25(33)31-9-7-19(8-10-31)14-29-22-12-21-11-20(13-27)5-6-24(21)32(16-22)17-23-15-28-18-30(23)4/h5-6,11,15,18-19,22,29H,7-10,12,14,16-17H2,1-4H3. The van der Waals surface area contributed by atoms with Gasteiger partial charge in [0.05, 0.1) is 30.2 Å². The summed E-state index contributed by atoms with van der Waals surface area (Å²) in [6.07, 6.45) is 6.79. The number of hydrogen-bond acceptors (Lipinski definition) is 5. The van der Waals surface area contributed by atoms with E-state index in [9.17, 15) is 10.1 Å². The molecule has 0 spiro atoms. The van der Waals surface area contributed by atoms with Gasteiger partial charge >= 0.3 is 0 Å². The zero-order chi connectivity index (χ0) is 23.6. The van der Waals surface area contributed by atoms with Crippen molar-refractivity contribution in [1.29, 1.82) is 5.26 Å². The van der Waals surface area contributed by atoms with Crippen LogP contribution in [0.4, 0.5) is 5.69 Å². The lowest BCUT2D eigenvalue weighted by Crippen LogP contribution is -2.49. The number of carbonyl (C=O) groups excluding carboxylic acids is 1. The fourth-order valence-electron chi connectivity index (χ4n) is 4.99. The van der Waals surface area contributed by atoms with E-state index in [1.165, 1.54) is 16.9 Å². The Labute approximate surface area is 197 Å². The van der Waals surface area contributed by atoms with E-state index in [4.69, 9.17) is 0 Å². The van der Waals surface area contributed by atoms with Gasteiger partial charge in [0.25, 0.3) is 0 Å². The molecule has 1 N–H and O–H groups in total. The van der Waals surface area contributed by atoms with Crippen LogP contribution in [-0.4, -0.2) is 52.6 Å². The second-order valence-electron chi connectivity index (χ2n) is 10.6. The van der Waals surface area contributed by atoms with Gasteiger partial charge in [-0.05, 0) is 55.5 Å². The highest BCUT2D eigenvalue weighted by atomic mass is 16.2. The molecule has 1 amide bonds. The number of benzene rings is 1. The number of likely N-dealkylation sites (tertiary alicyclic amines) is 1. The lowest BCUT2D eigenvalue weighted by molar-refractivity contribution is -0.140. The molecule has 0 bridgehead atoms. The zero-order valence-corrected chi connectivity index (χ0v) is 20.3. The number of anilines is 1. The number of amides is 1. The predicted octanol–water partition coefficient (Wildman–Crippen LogP) is 3.10. The van der Waals surface area contributed by atoms with E-state index < -0.39 is 0 Å². The third-order valence-corrected chi connectivity index (χ3v) is 6.96. The third-order valence-electron chi connectivity index (χ3n) is 6.96. The Kier molecular flexibility index (Phi) is 6.76. The number of nitrogens with one attached hydrogen (secondary N) is 1. The Morgan fingerprint density at radius 3 is 2.67 bits per heavy atom. The van der Waals surface area contributed by atoms with Gasteiger partial charge in [-0.15, -0.1) is 0 Å². The van der Waals surface area contributed by atoms with Gasteiger partial charge in [-0.2, -0.15) is 5.26 Å². The summed E-state index contributed by atoms with van der Waals surface area (Å²) >= 11 is 0. The molecule has 0 saturated carbocycles. The van der Waals surface area contributed by atoms with Crippen molar-refractivity contribution >= 4 is 11.6 Å². The van der Waals surface area contributed by atoms with E-state index in [2.05, 4.69) is 31.9 Å². The fraction of sp³-hybridized carbons (Fsp3) is 0.577. The van der Waals surface area contributed by atoms with E-state index in [0.717, 1.165) is 52.0 Å². The maximum Gasteiger partial charge on any atom is 0.227 e. The van der Waals surface area contributed by atoms with Crippen LogP contribution in [0.5, 0.6) is 0 Å². The van der Waals surface area contributed by atoms with Gasteiger partial charge in [-0.1, -0.05) is 20.8 Å². The molecule has 7 nitrogen and oxygen atoms in total. The lowest BCUT2D eigenvalue weighted by Gasteiger charge is -2.39. The minimum Gasteiger partial charge on any atom is -0.364 e. The Balaban J connectivity index is 1.39. The number of fused-ring (bicyclic) bond motifs is 1. The third kappa shape index (κ3) is 5.39. The lowest BCUT2D eigenvalue weighted by atomic mass is 9.90. The summed E-state index contributed by atoms with van der Waals surface area (Å²) in [6.45, 7) is 10.4. The van der Waals surface area contributed by atoms with E-state index in [0.29, 0.717) is 17.5 Å². The van der Waals surface area contributed by atoms with Crippen molar-refractivity contribution in [2.45, 2.75) is 52.6 Å². The number of aromatic nitrogens is 2. The first-order chi connectivity index (χ1) is 15.7. The fourth-order valence-corrected chi connectivity index (χ4v) is 4.99. The van der Waals surface area contributed by atoms with Crippen molar-refractivity contribution in [3.05, 3.63) is 47.5 Å². The molecule has 1 atom stereocenters. The molecule has 176 valence electrons. The van der Waals surface area contributed by atoms with Gasteiger partial charge < -0.3 is 19.7 Å². The minimum atomic E-state index is -0.305. The predicted molar refractivity (Wildman–Crippen MR) is 130 cm³/mol. The van der Waals surface area contributed by atoms with Crippen LogP contribution in [0.2, 0.25) is 0 Å². The monoisotopic (exact) mass is 448 g/mol. The van der Waals surface area contributed by atoms with Gasteiger partial charge in [0, 0.05) is 50.0 Å². The molecule has 2 aliphatic heterocycles. The van der Waals surface area contributed by atoms with Crippen molar-refractivity contribution in [3.63, 3.8) is 0 Å². The Morgan fingerprint density at radius 1 is 1.27 bits per heavy atom. The molecule has 1 unspecified atom stereocenters. The van der Waals surface area contributed by atoms with Crippen LogP contribution < -0.4 is 10.2 Å². The summed E-state index contributed by atoms with van der Waals surface area (Å²) in [4.78, 5) is 21.3. The van der Waals surface area contributed by atoms with Crippen LogP contribution in [0.25, 0.3) is 0 Å². The smallest absolute Gasteiger partial charge is 0.227 e. The maximum atomic E-state index is 12.6. The largest absolute Gasteiger partial charge is 0.364 e. The maximum absolute atomic E-state index is 12.6. The number of aryl methyl sites for hydroxylation is 1. The number of carbonyl (C=O) groups is 1. The molecule has 0 radical (unpaired) electrons. The van der Waals surface area contributed by atoms with E-state index in [1.807, 2.05) is 57.4 Å². The van der Waals surface area contributed by atoms with Gasteiger partial charge in [0.2, 0.25) is 5.91 Å². The first-order valence-corrected chi connectivity index (χ1v) is 12.0. The zero-order valence-electron chi connectivity index (χ0n) is 20.3. The molecule has 4 rings (SSSR count). The van der Waals surface area contributed by atoms with Gasteiger partial charge in [-0.3, -0.25) is 4.79 Å². The Hall–Kier alpha value is -2.85. The Bertz CT molecular complexity index is 1020. The molecule has 2 aliphatic rings. The van der Waals surface area contributed by atoms with Gasteiger partial charge in [-0.25, -0.2) is 4.98 Å². The average Bonchev–Trinajstić information content (AvgIpc) is 3.20. The van der Waals surface area contributed by atoms with Crippen LogP contribution in [0, 0.1) is 22.7 Å². The number of piperidine rings is 1. The van der Waals surface area contributed by atoms with Crippen molar-refractivity contribution in [2.75, 3.05) is 31.1 Å². The second kappa shape index (κ2) is 9.56. The molecule has 1 aromatic carbocycles. The van der Waals surface area contributed by atoms with Crippen molar-refractivity contribution < 1.29 is 4.79 Å². The molecule has 3 heterocycles. The quantitative estimate of drug-likeness (QED) is 0.761. The molecule has 1 saturated heterocycles. The topological polar surface area (TPSA) is 77.2 Å². The highest BCUT2D eigenvalue weighted by molar-refractivity contribution is 5.81. The van der Waals surface area contributed by atoms with Crippen LogP contribution in [0.3, 0.4) is 0 Å². The molecule has 1 fully saturated rings. The van der Waals surface area contributed by atoms with Crippen molar-refractivity contribution in [1.82, 2.24) is 19.8 Å². The van der Waals surface area contributed by atoms with Crippen molar-refractivity contribution in [2.24, 2.45) is 18.4 Å². The summed E-state index contributed by atoms with van der Waals surface area (Å²) in [7, 11) is 2.03. The summed E-state index contributed by atoms with van der Waals surface area (Å²) < 4.78 is 2.06. The van der Waals surface area contributed by atoms with Crippen LogP contribution >= 0.6 is 0 Å². The highest BCUT2D eigenvalue weighted by Gasteiger charge is 2.31. The first-order valence-electron chi connectivity index (χ1n) is 12.0. The van der Waals surface area contributed by atoms with Crippen LogP contribution in [-0.2, 0) is 24.8 Å². The SMILES string of the molecule is Cn1cncc1CN1CC(NCC2CCN(C(=O)C(C)(C)C)CC2)Cc2cc(C#N)ccc21. The summed E-state index contributed by atoms with van der Waals surface area (Å²) in [5, 5.41) is 13.2. The molecule has 33 heavy (non-hydrogen) atoms. The van der Waals surface area contributed by atoms with Crippen LogP contribution in [0.1, 0.15) is 50.4 Å². The Morgan fingerprint density at radius 2 is 2.03 bits per heavy atom. The average molecular weight is 449 g/mol. The molecule has 2 aromatic rings. The highest BCUT2D eigenvalue weighted by Crippen LogP contribution is 2.30. The number of nitrogens with zero attached hydrogens (tertiary/aromatic N) is 5. The minimum absolute atomic E-state index is 0.261. The molecular formula is C26H36N6O. The molecular weight excluding hydrogens is 412 g/mol. The molecule has 0 aliphatic carbocycles. The number of rotatable bonds is 5. The second-order valence-corrected chi connectivity index (χ2v) is 10.6. The summed E-state index contributed by atoms with van der Waals surface area (Å²) in [6, 6.07) is 8.65. The van der Waals surface area contributed by atoms with Gasteiger partial charge in [0.1, 0.15) is 0 Å². The van der Waals surface area contributed by atoms with Crippen molar-refractivity contribution in [3.8, 4) is 6.07 Å². The summed E-state index contributed by atoms with van der Waals surface area (Å²) in [5.74, 6) is 0.850. The number of nitriles is 1. The first kappa shape index (κ1) is 23.3. The summed E-state index contributed by atoms with van der Waals surface area (Å²) in [5.41, 5.74) is 4.01. The van der Waals surface area contributed by atoms with E-state index in [-0.39, 0.29) is 11.3 Å². The van der Waals surface area contributed by atoms with Crippen LogP contribution in [0.15, 0.2) is 30.7 Å².